The molecule has 0 aliphatic heterocycles. The fourth-order valence-electron chi connectivity index (χ4n) is 3.83. The van der Waals surface area contributed by atoms with Crippen LogP contribution in [0.1, 0.15) is 31.8 Å². The van der Waals surface area contributed by atoms with Gasteiger partial charge in [0.25, 0.3) is 0 Å². The molecule has 2 radical (unpaired) electrons. The van der Waals surface area contributed by atoms with Crippen LogP contribution in [0.5, 0.6) is 0 Å². The summed E-state index contributed by atoms with van der Waals surface area (Å²) in [6.07, 6.45) is 0. The Morgan fingerprint density at radius 2 is 1.04 bits per heavy atom. The minimum atomic E-state index is -0.140. The third-order valence-corrected chi connectivity index (χ3v) is 4.92. The van der Waals surface area contributed by atoms with E-state index in [0.717, 1.165) is 21.5 Å². The molecular weight excluding hydrogens is 307 g/mol. The normalized spacial score (nSPS) is 13.1. The number of fused-ring (bicyclic) bond motifs is 7. The van der Waals surface area contributed by atoms with Crippen molar-refractivity contribution in [3.63, 3.8) is 0 Å². The summed E-state index contributed by atoms with van der Waals surface area (Å²) in [5.41, 5.74) is 2.27. The molecule has 0 N–H and O–H groups in total. The first-order chi connectivity index (χ1) is 12.2. The largest absolute Gasteiger partial charge is 0.289 e. The molecule has 0 unspecified atom stereocenters. The summed E-state index contributed by atoms with van der Waals surface area (Å²) in [6, 6.07) is 20.4. The van der Waals surface area contributed by atoms with Crippen LogP contribution >= 0.6 is 0 Å². The Morgan fingerprint density at radius 1 is 0.560 bits per heavy atom. The van der Waals surface area contributed by atoms with E-state index in [9.17, 15) is 9.59 Å². The maximum atomic E-state index is 13.3. The zero-order valence-electron chi connectivity index (χ0n) is 13.2. The fraction of sp³-hybridized carbons (Fsp3) is 0. The van der Waals surface area contributed by atoms with Gasteiger partial charge in [0.15, 0.2) is 11.6 Å². The Morgan fingerprint density at radius 3 is 1.60 bits per heavy atom. The number of carbonyl (C=O) groups excluding carboxylic acids is 2. The summed E-state index contributed by atoms with van der Waals surface area (Å²) in [5, 5.41) is 3.59. The van der Waals surface area contributed by atoms with Gasteiger partial charge in [0.2, 0.25) is 0 Å². The van der Waals surface area contributed by atoms with E-state index in [1.165, 1.54) is 0 Å². The van der Waals surface area contributed by atoms with Crippen molar-refractivity contribution < 1.29 is 9.59 Å². The lowest BCUT2D eigenvalue weighted by molar-refractivity contribution is 0.0981. The molecule has 1 aliphatic carbocycles. The monoisotopic (exact) mass is 318 g/mol. The molecule has 114 valence electrons. The lowest BCUT2D eigenvalue weighted by Crippen LogP contribution is -2.24. The van der Waals surface area contributed by atoms with Gasteiger partial charge in [-0.05, 0) is 21.5 Å². The average molecular weight is 318 g/mol. The van der Waals surface area contributed by atoms with Crippen molar-refractivity contribution in [2.45, 2.75) is 0 Å². The summed E-state index contributed by atoms with van der Waals surface area (Å²) in [4.78, 5) is 26.5. The van der Waals surface area contributed by atoms with Gasteiger partial charge in [-0.15, -0.1) is 0 Å². The maximum Gasteiger partial charge on any atom is 0.195 e. The van der Waals surface area contributed by atoms with Gasteiger partial charge in [-0.25, -0.2) is 0 Å². The van der Waals surface area contributed by atoms with Gasteiger partial charge in [-0.1, -0.05) is 72.2 Å². The van der Waals surface area contributed by atoms with E-state index in [1.807, 2.05) is 48.5 Å². The Balaban J connectivity index is 2.03. The molecule has 0 atom stereocenters. The lowest BCUT2D eigenvalue weighted by Gasteiger charge is -2.22. The number of benzene rings is 4. The van der Waals surface area contributed by atoms with Gasteiger partial charge < -0.3 is 0 Å². The SMILES string of the molecule is [B]c1ccc2c(c1)C(=O)c1c(c3ccccc3c3ccccc13)C2=O. The minimum Gasteiger partial charge on any atom is -0.289 e. The summed E-state index contributed by atoms with van der Waals surface area (Å²) in [5.74, 6) is -0.259. The second kappa shape index (κ2) is 4.90. The van der Waals surface area contributed by atoms with Gasteiger partial charge in [0.1, 0.15) is 7.85 Å². The van der Waals surface area contributed by atoms with E-state index in [0.29, 0.717) is 27.7 Å². The molecule has 0 spiro atoms. The van der Waals surface area contributed by atoms with Crippen LogP contribution in [0, 0.1) is 0 Å². The standard InChI is InChI=1S/C22H11BO2/c23-12-9-10-17-18(11-12)22(25)20-16-8-4-2-6-14(16)13-5-1-3-7-15(13)19(20)21(17)24/h1-11H. The predicted octanol–water partition coefficient (Wildman–Crippen LogP) is 3.56. The van der Waals surface area contributed by atoms with E-state index in [1.54, 1.807) is 18.2 Å². The Hall–Kier alpha value is -3.20. The topological polar surface area (TPSA) is 34.1 Å². The predicted molar refractivity (Wildman–Crippen MR) is 100 cm³/mol. The maximum absolute atomic E-state index is 13.3. The quantitative estimate of drug-likeness (QED) is 0.323. The highest BCUT2D eigenvalue weighted by Gasteiger charge is 2.33. The fourth-order valence-corrected chi connectivity index (χ4v) is 3.83. The molecule has 3 heteroatoms. The molecule has 0 bridgehead atoms. The van der Waals surface area contributed by atoms with Crippen LogP contribution < -0.4 is 5.46 Å². The summed E-state index contributed by atoms with van der Waals surface area (Å²) >= 11 is 0. The molecule has 2 nitrogen and oxygen atoms in total. The van der Waals surface area contributed by atoms with Crippen LogP contribution in [0.15, 0.2) is 66.7 Å². The summed E-state index contributed by atoms with van der Waals surface area (Å²) < 4.78 is 0. The van der Waals surface area contributed by atoms with E-state index in [-0.39, 0.29) is 11.6 Å². The molecule has 0 fully saturated rings. The van der Waals surface area contributed by atoms with Crippen molar-refractivity contribution in [2.24, 2.45) is 0 Å². The van der Waals surface area contributed by atoms with Crippen LogP contribution in [0.4, 0.5) is 0 Å². The number of ketones is 2. The van der Waals surface area contributed by atoms with E-state index >= 15 is 0 Å². The Bertz CT molecular complexity index is 1240. The van der Waals surface area contributed by atoms with Crippen molar-refractivity contribution in [3.05, 3.63) is 89.0 Å². The second-order valence-electron chi connectivity index (χ2n) is 6.30. The van der Waals surface area contributed by atoms with Crippen molar-refractivity contribution in [3.8, 4) is 0 Å². The number of hydrogen-bond donors (Lipinski definition) is 0. The molecule has 4 aromatic rings. The van der Waals surface area contributed by atoms with Gasteiger partial charge in [-0.3, -0.25) is 9.59 Å². The molecule has 0 saturated carbocycles. The molecular formula is C22H11BO2. The van der Waals surface area contributed by atoms with E-state index in [2.05, 4.69) is 0 Å². The zero-order valence-corrected chi connectivity index (χ0v) is 13.2. The molecule has 4 aromatic carbocycles. The third-order valence-electron chi connectivity index (χ3n) is 4.92. The van der Waals surface area contributed by atoms with E-state index < -0.39 is 0 Å². The first-order valence-corrected chi connectivity index (χ1v) is 8.09. The highest BCUT2D eigenvalue weighted by atomic mass is 16.1. The number of carbonyl (C=O) groups is 2. The Labute approximate surface area is 145 Å². The van der Waals surface area contributed by atoms with Crippen LogP contribution in [0.2, 0.25) is 0 Å². The minimum absolute atomic E-state index is 0.119. The second-order valence-corrected chi connectivity index (χ2v) is 6.30. The molecule has 0 saturated heterocycles. The van der Waals surface area contributed by atoms with Crippen molar-refractivity contribution in [1.29, 1.82) is 0 Å². The molecule has 1 aliphatic rings. The zero-order chi connectivity index (χ0) is 17.1. The molecule has 5 rings (SSSR count). The van der Waals surface area contributed by atoms with Crippen LogP contribution in [-0.4, -0.2) is 19.4 Å². The highest BCUT2D eigenvalue weighted by molar-refractivity contribution is 6.39. The van der Waals surface area contributed by atoms with Gasteiger partial charge in [0, 0.05) is 22.3 Å². The number of hydrogen-bond acceptors (Lipinski definition) is 2. The average Bonchev–Trinajstić information content (AvgIpc) is 2.65. The Kier molecular flexibility index (Phi) is 2.78. The first-order valence-electron chi connectivity index (χ1n) is 8.09. The van der Waals surface area contributed by atoms with Gasteiger partial charge in [-0.2, -0.15) is 0 Å². The summed E-state index contributed by atoms with van der Waals surface area (Å²) in [6.45, 7) is 0. The van der Waals surface area contributed by atoms with Crippen molar-refractivity contribution in [1.82, 2.24) is 0 Å². The molecule has 0 heterocycles. The van der Waals surface area contributed by atoms with E-state index in [4.69, 9.17) is 7.85 Å². The summed E-state index contributed by atoms with van der Waals surface area (Å²) in [7, 11) is 5.85. The smallest absolute Gasteiger partial charge is 0.195 e. The van der Waals surface area contributed by atoms with Crippen LogP contribution in [0.25, 0.3) is 21.5 Å². The highest BCUT2D eigenvalue weighted by Crippen LogP contribution is 2.38. The molecule has 0 aromatic heterocycles. The van der Waals surface area contributed by atoms with Crippen molar-refractivity contribution >= 4 is 46.4 Å². The van der Waals surface area contributed by atoms with Gasteiger partial charge in [0.05, 0.1) is 0 Å². The third kappa shape index (κ3) is 1.81. The molecule has 25 heavy (non-hydrogen) atoms. The van der Waals surface area contributed by atoms with Crippen LogP contribution in [-0.2, 0) is 0 Å². The number of rotatable bonds is 0. The molecule has 0 amide bonds. The lowest BCUT2D eigenvalue weighted by atomic mass is 9.77. The first kappa shape index (κ1) is 14.2. The van der Waals surface area contributed by atoms with Gasteiger partial charge >= 0.3 is 0 Å². The van der Waals surface area contributed by atoms with Crippen molar-refractivity contribution in [2.75, 3.05) is 0 Å². The van der Waals surface area contributed by atoms with Crippen LogP contribution in [0.3, 0.4) is 0 Å².